The number of halogens is 4. The third-order valence-corrected chi connectivity index (χ3v) is 5.21. The molecule has 146 valence electrons. The van der Waals surface area contributed by atoms with Crippen LogP contribution in [0.2, 0.25) is 5.02 Å². The molecule has 0 heterocycles. The van der Waals surface area contributed by atoms with Crippen LogP contribution < -0.4 is 4.90 Å². The molecular weight excluding hydrogens is 387 g/mol. The highest BCUT2D eigenvalue weighted by atomic mass is 35.5. The number of benzene rings is 2. The first-order valence-corrected chi connectivity index (χ1v) is 9.22. The quantitative estimate of drug-likeness (QED) is 0.550. The Labute approximate surface area is 166 Å². The summed E-state index contributed by atoms with van der Waals surface area (Å²) in [5.41, 5.74) is 0.392. The monoisotopic (exact) mass is 405 g/mol. The summed E-state index contributed by atoms with van der Waals surface area (Å²) in [6.07, 6.45) is 1.60. The van der Waals surface area contributed by atoms with Crippen molar-refractivity contribution in [2.75, 3.05) is 4.90 Å². The largest absolute Gasteiger partial charge is 0.417 e. The maximum absolute atomic E-state index is 13.5. The number of alkyl halides is 3. The minimum Gasteiger partial charge on any atom is -0.280 e. The van der Waals surface area contributed by atoms with Crippen molar-refractivity contribution in [3.8, 4) is 0 Å². The molecule has 0 aromatic heterocycles. The number of anilines is 1. The molecule has 0 radical (unpaired) electrons. The maximum atomic E-state index is 13.5. The van der Waals surface area contributed by atoms with Gasteiger partial charge in [-0.3, -0.25) is 9.69 Å². The van der Waals surface area contributed by atoms with Crippen LogP contribution in [0.3, 0.4) is 0 Å². The lowest BCUT2D eigenvalue weighted by molar-refractivity contribution is -0.137. The van der Waals surface area contributed by atoms with Crippen LogP contribution in [0.15, 0.2) is 66.4 Å². The van der Waals surface area contributed by atoms with E-state index in [-0.39, 0.29) is 5.92 Å². The Balaban J connectivity index is 2.21. The molecule has 0 saturated carbocycles. The molecule has 6 heteroatoms. The molecule has 0 bridgehead atoms. The topological polar surface area (TPSA) is 20.3 Å². The summed E-state index contributed by atoms with van der Waals surface area (Å²) >= 11 is 6.24. The summed E-state index contributed by atoms with van der Waals surface area (Å²) in [7, 11) is 0. The molecule has 0 saturated heterocycles. The molecule has 1 aliphatic carbocycles. The predicted molar refractivity (Wildman–Crippen MR) is 105 cm³/mol. The smallest absolute Gasteiger partial charge is 0.280 e. The van der Waals surface area contributed by atoms with Gasteiger partial charge in [-0.25, -0.2) is 0 Å². The Kier molecular flexibility index (Phi) is 5.66. The predicted octanol–water partition coefficient (Wildman–Crippen LogP) is 6.79. The first-order valence-electron chi connectivity index (χ1n) is 8.84. The zero-order valence-electron chi connectivity index (χ0n) is 15.4. The molecule has 0 fully saturated rings. The number of rotatable bonds is 3. The highest BCUT2D eigenvalue weighted by Gasteiger charge is 2.37. The van der Waals surface area contributed by atoms with Gasteiger partial charge in [-0.1, -0.05) is 48.9 Å². The van der Waals surface area contributed by atoms with Crippen molar-refractivity contribution in [2.24, 2.45) is 5.92 Å². The Hall–Kier alpha value is -2.53. The number of nitrogens with zero attached hydrogens (tertiary/aromatic N) is 1. The van der Waals surface area contributed by atoms with Gasteiger partial charge < -0.3 is 0 Å². The Morgan fingerprint density at radius 3 is 2.54 bits per heavy atom. The molecule has 28 heavy (non-hydrogen) atoms. The van der Waals surface area contributed by atoms with E-state index in [9.17, 15) is 18.0 Å². The highest BCUT2D eigenvalue weighted by molar-refractivity contribution is 6.32. The third-order valence-electron chi connectivity index (χ3n) is 4.80. The van der Waals surface area contributed by atoms with Crippen LogP contribution in [0.1, 0.15) is 34.8 Å². The summed E-state index contributed by atoms with van der Waals surface area (Å²) in [6, 6.07) is 9.91. The fourth-order valence-electron chi connectivity index (χ4n) is 3.27. The highest BCUT2D eigenvalue weighted by Crippen LogP contribution is 2.37. The number of allylic oxidation sites excluding steroid dienone is 4. The van der Waals surface area contributed by atoms with Gasteiger partial charge in [0.2, 0.25) is 0 Å². The summed E-state index contributed by atoms with van der Waals surface area (Å²) in [4.78, 5) is 14.8. The Bertz CT molecular complexity index is 962. The van der Waals surface area contributed by atoms with Crippen LogP contribution >= 0.6 is 11.6 Å². The normalized spacial score (nSPS) is 16.6. The SMILES string of the molecule is Cc1c(Cl)cccc1N(C(=O)c1ccccc1C(F)(F)F)C1=CC=CCC1C. The number of carbonyl (C=O) groups excluding carboxylic acids is 1. The molecule has 1 atom stereocenters. The molecule has 0 aliphatic heterocycles. The van der Waals surface area contributed by atoms with Crippen molar-refractivity contribution in [3.63, 3.8) is 0 Å². The lowest BCUT2D eigenvalue weighted by atomic mass is 9.95. The van der Waals surface area contributed by atoms with Gasteiger partial charge in [0.1, 0.15) is 0 Å². The molecule has 1 aliphatic rings. The minimum absolute atomic E-state index is 0.0367. The molecule has 0 N–H and O–H groups in total. The van der Waals surface area contributed by atoms with E-state index in [0.717, 1.165) is 6.07 Å². The molecule has 2 nitrogen and oxygen atoms in total. The molecule has 0 spiro atoms. The molecule has 1 unspecified atom stereocenters. The van der Waals surface area contributed by atoms with Gasteiger partial charge in [-0.15, -0.1) is 0 Å². The minimum atomic E-state index is -4.63. The van der Waals surface area contributed by atoms with Gasteiger partial charge in [0.25, 0.3) is 5.91 Å². The molecular formula is C22H19ClF3NO. The van der Waals surface area contributed by atoms with E-state index in [0.29, 0.717) is 28.4 Å². The van der Waals surface area contributed by atoms with Crippen LogP contribution in [0.25, 0.3) is 0 Å². The molecule has 2 aromatic carbocycles. The van der Waals surface area contributed by atoms with Crippen LogP contribution in [0, 0.1) is 12.8 Å². The summed E-state index contributed by atoms with van der Waals surface area (Å²) in [5, 5.41) is 0.444. The molecule has 2 aromatic rings. The molecule has 3 rings (SSSR count). The molecule has 1 amide bonds. The van der Waals surface area contributed by atoms with Crippen molar-refractivity contribution >= 4 is 23.2 Å². The van der Waals surface area contributed by atoms with E-state index in [2.05, 4.69) is 0 Å². The standard InChI is InChI=1S/C22H19ClF3NO/c1-14-8-3-6-12-19(14)27(20-13-7-11-18(23)15(20)2)21(28)16-9-4-5-10-17(16)22(24,25)26/h3-7,9-14H,8H2,1-2H3. The van der Waals surface area contributed by atoms with Crippen LogP contribution in [-0.4, -0.2) is 5.91 Å². The second kappa shape index (κ2) is 7.84. The van der Waals surface area contributed by atoms with Gasteiger partial charge in [0.15, 0.2) is 0 Å². The second-order valence-electron chi connectivity index (χ2n) is 6.72. The summed E-state index contributed by atoms with van der Waals surface area (Å²) < 4.78 is 40.6. The van der Waals surface area contributed by atoms with Crippen molar-refractivity contribution in [1.29, 1.82) is 0 Å². The van der Waals surface area contributed by atoms with Gasteiger partial charge >= 0.3 is 6.18 Å². The number of carbonyl (C=O) groups is 1. The van der Waals surface area contributed by atoms with Crippen molar-refractivity contribution in [2.45, 2.75) is 26.4 Å². The lowest BCUT2D eigenvalue weighted by Gasteiger charge is -2.32. The summed E-state index contributed by atoms with van der Waals surface area (Å²) in [5.74, 6) is -0.767. The number of amides is 1. The second-order valence-corrected chi connectivity index (χ2v) is 7.13. The van der Waals surface area contributed by atoms with Crippen LogP contribution in [0.4, 0.5) is 18.9 Å². The van der Waals surface area contributed by atoms with Gasteiger partial charge in [0, 0.05) is 16.6 Å². The zero-order valence-corrected chi connectivity index (χ0v) is 16.2. The Morgan fingerprint density at radius 1 is 1.14 bits per heavy atom. The third kappa shape index (κ3) is 3.85. The van der Waals surface area contributed by atoms with Crippen LogP contribution in [-0.2, 0) is 6.18 Å². The van der Waals surface area contributed by atoms with E-state index >= 15 is 0 Å². The number of hydrogen-bond donors (Lipinski definition) is 0. The summed E-state index contributed by atoms with van der Waals surface area (Å²) in [6.45, 7) is 3.68. The zero-order chi connectivity index (χ0) is 20.5. The van der Waals surface area contributed by atoms with E-state index in [1.807, 2.05) is 19.1 Å². The van der Waals surface area contributed by atoms with E-state index in [4.69, 9.17) is 11.6 Å². The van der Waals surface area contributed by atoms with Gasteiger partial charge in [-0.05, 0) is 49.2 Å². The lowest BCUT2D eigenvalue weighted by Crippen LogP contribution is -2.35. The van der Waals surface area contributed by atoms with Crippen molar-refractivity contribution in [1.82, 2.24) is 0 Å². The average molecular weight is 406 g/mol. The fourth-order valence-corrected chi connectivity index (χ4v) is 3.44. The van der Waals surface area contributed by atoms with Crippen molar-refractivity contribution in [3.05, 3.63) is 88.1 Å². The number of hydrogen-bond acceptors (Lipinski definition) is 1. The maximum Gasteiger partial charge on any atom is 0.417 e. The van der Waals surface area contributed by atoms with Crippen LogP contribution in [0.5, 0.6) is 0 Å². The first-order chi connectivity index (χ1) is 13.2. The first kappa shape index (κ1) is 20.2. The van der Waals surface area contributed by atoms with Crippen molar-refractivity contribution < 1.29 is 18.0 Å². The Morgan fingerprint density at radius 2 is 1.86 bits per heavy atom. The van der Waals surface area contributed by atoms with E-state index < -0.39 is 23.2 Å². The fraction of sp³-hybridized carbons (Fsp3) is 0.227. The van der Waals surface area contributed by atoms with Gasteiger partial charge in [0.05, 0.1) is 16.8 Å². The van der Waals surface area contributed by atoms with E-state index in [1.165, 1.54) is 23.1 Å². The average Bonchev–Trinajstić information content (AvgIpc) is 2.66. The van der Waals surface area contributed by atoms with E-state index in [1.54, 1.807) is 31.2 Å². The van der Waals surface area contributed by atoms with Gasteiger partial charge in [-0.2, -0.15) is 13.2 Å².